The zero-order valence-electron chi connectivity index (χ0n) is 16.2. The van der Waals surface area contributed by atoms with E-state index in [4.69, 9.17) is 14.4 Å². The van der Waals surface area contributed by atoms with Gasteiger partial charge in [-0.2, -0.15) is 8.42 Å². The van der Waals surface area contributed by atoms with Crippen LogP contribution in [-0.4, -0.2) is 55.5 Å². The molecule has 1 rings (SSSR count). The number of carbonyl (C=O) groups excluding carboxylic acids is 1. The molecule has 0 amide bonds. The number of benzene rings is 1. The Morgan fingerprint density at radius 1 is 1.04 bits per heavy atom. The molecule has 0 saturated heterocycles. The molecule has 2 N–H and O–H groups in total. The Bertz CT molecular complexity index is 716. The summed E-state index contributed by atoms with van der Waals surface area (Å²) in [7, 11) is -4.01. The molecule has 158 valence electrons. The van der Waals surface area contributed by atoms with E-state index in [0.717, 1.165) is 24.9 Å². The minimum Gasteiger partial charge on any atom is -0.481 e. The van der Waals surface area contributed by atoms with Gasteiger partial charge in [-0.25, -0.2) is 0 Å². The first-order valence-electron chi connectivity index (χ1n) is 9.37. The summed E-state index contributed by atoms with van der Waals surface area (Å²) in [6.45, 7) is 3.24. The molecule has 0 bridgehead atoms. The lowest BCUT2D eigenvalue weighted by Gasteiger charge is -2.25. The van der Waals surface area contributed by atoms with Crippen molar-refractivity contribution in [3.8, 4) is 0 Å². The van der Waals surface area contributed by atoms with Gasteiger partial charge in [0.25, 0.3) is 10.1 Å². The summed E-state index contributed by atoms with van der Waals surface area (Å²) in [6, 6.07) is 7.09. The van der Waals surface area contributed by atoms with E-state index in [2.05, 4.69) is 0 Å². The maximum Gasteiger partial charge on any atom is 0.307 e. The maximum atomic E-state index is 11.4. The van der Waals surface area contributed by atoms with Gasteiger partial charge in [0.2, 0.25) is 0 Å². The monoisotopic (exact) mass is 415 g/mol. The Balaban J connectivity index is 2.60. The van der Waals surface area contributed by atoms with Gasteiger partial charge in [-0.3, -0.25) is 14.1 Å². The van der Waals surface area contributed by atoms with E-state index in [1.54, 1.807) is 19.1 Å². The number of carboxylic acids is 1. The SMILES string of the molecule is CCOC(=O)CCCCCN(CCCS(=O)(=O)O)c1ccc(CC(=O)O)cc1. The molecule has 28 heavy (non-hydrogen) atoms. The summed E-state index contributed by atoms with van der Waals surface area (Å²) in [5.41, 5.74) is 1.54. The van der Waals surface area contributed by atoms with Crippen LogP contribution >= 0.6 is 0 Å². The number of aliphatic carboxylic acids is 1. The van der Waals surface area contributed by atoms with Crippen LogP contribution in [0.5, 0.6) is 0 Å². The second kappa shape index (κ2) is 12.4. The number of rotatable bonds is 14. The van der Waals surface area contributed by atoms with Crippen LogP contribution in [0.15, 0.2) is 24.3 Å². The zero-order chi connectivity index (χ0) is 21.0. The average Bonchev–Trinajstić information content (AvgIpc) is 2.59. The summed E-state index contributed by atoms with van der Waals surface area (Å²) < 4.78 is 35.7. The third kappa shape index (κ3) is 10.9. The van der Waals surface area contributed by atoms with Crippen LogP contribution in [-0.2, 0) is 30.9 Å². The molecule has 9 heteroatoms. The molecule has 0 radical (unpaired) electrons. The quantitative estimate of drug-likeness (QED) is 0.270. The van der Waals surface area contributed by atoms with Gasteiger partial charge in [0, 0.05) is 25.2 Å². The van der Waals surface area contributed by atoms with Crippen LogP contribution < -0.4 is 4.90 Å². The molecule has 0 spiro atoms. The lowest BCUT2D eigenvalue weighted by Crippen LogP contribution is -2.27. The van der Waals surface area contributed by atoms with Crippen molar-refractivity contribution in [2.24, 2.45) is 0 Å². The molecule has 0 aliphatic rings. The Morgan fingerprint density at radius 2 is 1.68 bits per heavy atom. The van der Waals surface area contributed by atoms with Crippen molar-refractivity contribution in [2.45, 2.75) is 45.4 Å². The van der Waals surface area contributed by atoms with Crippen molar-refractivity contribution in [2.75, 3.05) is 30.3 Å². The summed E-state index contributed by atoms with van der Waals surface area (Å²) in [6.07, 6.45) is 2.94. The van der Waals surface area contributed by atoms with Crippen molar-refractivity contribution in [1.82, 2.24) is 0 Å². The Morgan fingerprint density at radius 3 is 2.25 bits per heavy atom. The largest absolute Gasteiger partial charge is 0.481 e. The summed E-state index contributed by atoms with van der Waals surface area (Å²) >= 11 is 0. The van der Waals surface area contributed by atoms with Gasteiger partial charge < -0.3 is 14.7 Å². The molecule has 0 saturated carbocycles. The van der Waals surface area contributed by atoms with Crippen LogP contribution in [0.3, 0.4) is 0 Å². The molecule has 0 unspecified atom stereocenters. The molecule has 0 aliphatic carbocycles. The van der Waals surface area contributed by atoms with Crippen LogP contribution in [0.25, 0.3) is 0 Å². The third-order valence-corrected chi connectivity index (χ3v) is 4.91. The highest BCUT2D eigenvalue weighted by Crippen LogP contribution is 2.18. The fourth-order valence-corrected chi connectivity index (χ4v) is 3.28. The van der Waals surface area contributed by atoms with Crippen LogP contribution in [0.2, 0.25) is 0 Å². The predicted octanol–water partition coefficient (Wildman–Crippen LogP) is 2.52. The van der Waals surface area contributed by atoms with Gasteiger partial charge in [0.1, 0.15) is 0 Å². The minimum atomic E-state index is -4.01. The fraction of sp³-hybridized carbons (Fsp3) is 0.579. The topological polar surface area (TPSA) is 121 Å². The predicted molar refractivity (Wildman–Crippen MR) is 106 cm³/mol. The number of carbonyl (C=O) groups is 2. The summed E-state index contributed by atoms with van der Waals surface area (Å²) in [5.74, 6) is -1.43. The van der Waals surface area contributed by atoms with Gasteiger partial charge in [-0.05, 0) is 43.9 Å². The lowest BCUT2D eigenvalue weighted by molar-refractivity contribution is -0.143. The number of carboxylic acid groups (broad SMARTS) is 1. The molecule has 0 atom stereocenters. The Hall–Kier alpha value is -2.13. The Kier molecular flexibility index (Phi) is 10.5. The molecule has 0 aromatic heterocycles. The standard InChI is InChI=1S/C19H29NO7S/c1-2-27-19(23)7-4-3-5-12-20(13-6-14-28(24,25)26)17-10-8-16(9-11-17)15-18(21)22/h8-11H,2-7,12-15H2,1H3,(H,21,22)(H,24,25,26). The first kappa shape index (κ1) is 23.9. The van der Waals surface area contributed by atoms with E-state index in [1.165, 1.54) is 0 Å². The number of hydrogen-bond acceptors (Lipinski definition) is 6. The van der Waals surface area contributed by atoms with E-state index >= 15 is 0 Å². The van der Waals surface area contributed by atoms with Gasteiger partial charge in [-0.15, -0.1) is 0 Å². The lowest BCUT2D eigenvalue weighted by atomic mass is 10.1. The highest BCUT2D eigenvalue weighted by Gasteiger charge is 2.11. The normalized spacial score (nSPS) is 11.2. The fourth-order valence-electron chi connectivity index (χ4n) is 2.79. The molecule has 0 aliphatic heterocycles. The third-order valence-electron chi connectivity index (χ3n) is 4.10. The molecule has 1 aromatic carbocycles. The van der Waals surface area contributed by atoms with Crippen LogP contribution in [0.4, 0.5) is 5.69 Å². The minimum absolute atomic E-state index is 0.0586. The number of ether oxygens (including phenoxy) is 1. The number of esters is 1. The molecular formula is C19H29NO7S. The van der Waals surface area contributed by atoms with Gasteiger partial charge >= 0.3 is 11.9 Å². The second-order valence-corrected chi connectivity index (χ2v) is 8.05. The van der Waals surface area contributed by atoms with E-state index in [9.17, 15) is 18.0 Å². The molecule has 1 aromatic rings. The van der Waals surface area contributed by atoms with Crippen molar-refractivity contribution < 1.29 is 32.4 Å². The van der Waals surface area contributed by atoms with Crippen molar-refractivity contribution in [3.05, 3.63) is 29.8 Å². The summed E-state index contributed by atoms with van der Waals surface area (Å²) in [5, 5.41) is 8.85. The van der Waals surface area contributed by atoms with Gasteiger partial charge in [0.15, 0.2) is 0 Å². The number of hydrogen-bond donors (Lipinski definition) is 2. The van der Waals surface area contributed by atoms with Crippen molar-refractivity contribution >= 4 is 27.7 Å². The highest BCUT2D eigenvalue weighted by atomic mass is 32.2. The molecular weight excluding hydrogens is 386 g/mol. The van der Waals surface area contributed by atoms with Crippen LogP contribution in [0, 0.1) is 0 Å². The number of unbranched alkanes of at least 4 members (excludes halogenated alkanes) is 2. The van der Waals surface area contributed by atoms with E-state index < -0.39 is 16.1 Å². The Labute approximate surface area is 166 Å². The molecule has 0 heterocycles. The van der Waals surface area contributed by atoms with Crippen molar-refractivity contribution in [1.29, 1.82) is 0 Å². The van der Waals surface area contributed by atoms with Gasteiger partial charge in [-0.1, -0.05) is 18.6 Å². The van der Waals surface area contributed by atoms with Crippen molar-refractivity contribution in [3.63, 3.8) is 0 Å². The van der Waals surface area contributed by atoms with E-state index in [0.29, 0.717) is 31.7 Å². The van der Waals surface area contributed by atoms with E-state index in [1.807, 2.05) is 17.0 Å². The number of nitrogens with zero attached hydrogens (tertiary/aromatic N) is 1. The van der Waals surface area contributed by atoms with Crippen LogP contribution in [0.1, 0.15) is 44.6 Å². The first-order chi connectivity index (χ1) is 13.2. The average molecular weight is 416 g/mol. The maximum absolute atomic E-state index is 11.4. The van der Waals surface area contributed by atoms with E-state index in [-0.39, 0.29) is 24.6 Å². The second-order valence-electron chi connectivity index (χ2n) is 6.48. The molecule has 0 fully saturated rings. The molecule has 8 nitrogen and oxygen atoms in total. The first-order valence-corrected chi connectivity index (χ1v) is 11.0. The summed E-state index contributed by atoms with van der Waals surface area (Å²) in [4.78, 5) is 24.1. The highest BCUT2D eigenvalue weighted by molar-refractivity contribution is 7.85. The zero-order valence-corrected chi connectivity index (χ0v) is 17.0. The van der Waals surface area contributed by atoms with Gasteiger partial charge in [0.05, 0.1) is 18.8 Å². The number of anilines is 1. The smallest absolute Gasteiger partial charge is 0.307 e.